The van der Waals surface area contributed by atoms with E-state index in [1.165, 1.54) is 19.3 Å². The summed E-state index contributed by atoms with van der Waals surface area (Å²) in [6.45, 7) is 1.38. The highest BCUT2D eigenvalue weighted by atomic mass is 32.2. The third kappa shape index (κ3) is 2.38. The summed E-state index contributed by atoms with van der Waals surface area (Å²) in [6, 6.07) is 3.15. The Bertz CT molecular complexity index is 425. The van der Waals surface area contributed by atoms with E-state index in [1.54, 1.807) is 12.1 Å². The quantitative estimate of drug-likeness (QED) is 0.693. The van der Waals surface area contributed by atoms with E-state index in [2.05, 4.69) is 4.98 Å². The Balaban J connectivity index is 2.99. The summed E-state index contributed by atoms with van der Waals surface area (Å²) in [5.74, 6) is -0.416. The molecule has 1 heterocycles. The second kappa shape index (κ2) is 3.88. The summed E-state index contributed by atoms with van der Waals surface area (Å²) in [5, 5.41) is -1.01. The van der Waals surface area contributed by atoms with Crippen molar-refractivity contribution in [1.29, 1.82) is 0 Å². The number of ketones is 1. The van der Waals surface area contributed by atoms with Gasteiger partial charge in [0, 0.05) is 24.2 Å². The number of Topliss-reactive ketones (excluding diaryl/α,β-unsaturated/α-hetero) is 1. The van der Waals surface area contributed by atoms with Crippen LogP contribution >= 0.6 is 0 Å². The van der Waals surface area contributed by atoms with Crippen LogP contribution in [0.25, 0.3) is 0 Å². The molecule has 0 fully saturated rings. The van der Waals surface area contributed by atoms with Crippen molar-refractivity contribution < 1.29 is 13.2 Å². The highest BCUT2D eigenvalue weighted by Gasteiger charge is 2.24. The van der Waals surface area contributed by atoms with Crippen molar-refractivity contribution in [1.82, 2.24) is 4.98 Å². The monoisotopic (exact) mass is 213 g/mol. The smallest absolute Gasteiger partial charge is 0.182 e. The van der Waals surface area contributed by atoms with E-state index in [1.807, 2.05) is 0 Å². The molecule has 0 aliphatic rings. The molecule has 0 bridgehead atoms. The number of carbonyl (C=O) groups is 1. The van der Waals surface area contributed by atoms with E-state index < -0.39 is 20.9 Å². The minimum absolute atomic E-state index is 0.324. The summed E-state index contributed by atoms with van der Waals surface area (Å²) in [6.07, 6.45) is 3.94. The molecule has 4 nitrogen and oxygen atoms in total. The molecule has 0 radical (unpaired) electrons. The maximum Gasteiger partial charge on any atom is 0.182 e. The van der Waals surface area contributed by atoms with Gasteiger partial charge in [0.2, 0.25) is 0 Å². The van der Waals surface area contributed by atoms with Gasteiger partial charge in [-0.05, 0) is 19.1 Å². The molecule has 1 atom stereocenters. The molecular formula is C9H11NO3S. The summed E-state index contributed by atoms with van der Waals surface area (Å²) in [4.78, 5) is 15.3. The molecule has 0 aliphatic heterocycles. The van der Waals surface area contributed by atoms with Gasteiger partial charge in [0.05, 0.1) is 0 Å². The third-order valence-electron chi connectivity index (χ3n) is 1.96. The topological polar surface area (TPSA) is 64.1 Å². The minimum Gasteiger partial charge on any atom is -0.293 e. The Labute approximate surface area is 82.9 Å². The zero-order valence-corrected chi connectivity index (χ0v) is 8.78. The Morgan fingerprint density at radius 3 is 2.57 bits per heavy atom. The van der Waals surface area contributed by atoms with Crippen molar-refractivity contribution in [3.05, 3.63) is 30.1 Å². The van der Waals surface area contributed by atoms with E-state index >= 15 is 0 Å². The van der Waals surface area contributed by atoms with Crippen molar-refractivity contribution in [2.45, 2.75) is 12.2 Å². The van der Waals surface area contributed by atoms with Gasteiger partial charge in [-0.15, -0.1) is 0 Å². The molecule has 1 unspecified atom stereocenters. The third-order valence-corrected chi connectivity index (χ3v) is 3.46. The van der Waals surface area contributed by atoms with Gasteiger partial charge in [-0.25, -0.2) is 8.42 Å². The van der Waals surface area contributed by atoms with Crippen LogP contribution in [0.3, 0.4) is 0 Å². The van der Waals surface area contributed by atoms with Crippen LogP contribution in [-0.4, -0.2) is 30.7 Å². The van der Waals surface area contributed by atoms with Crippen LogP contribution in [0.4, 0.5) is 0 Å². The molecule has 14 heavy (non-hydrogen) atoms. The van der Waals surface area contributed by atoms with Crippen molar-refractivity contribution in [2.75, 3.05) is 6.26 Å². The van der Waals surface area contributed by atoms with E-state index in [4.69, 9.17) is 0 Å². The molecule has 0 amide bonds. The molecule has 0 saturated heterocycles. The number of pyridine rings is 1. The van der Waals surface area contributed by atoms with Crippen LogP contribution < -0.4 is 0 Å². The lowest BCUT2D eigenvalue weighted by molar-refractivity contribution is 0.0991. The molecule has 0 spiro atoms. The van der Waals surface area contributed by atoms with Gasteiger partial charge in [0.1, 0.15) is 5.25 Å². The van der Waals surface area contributed by atoms with E-state index in [0.29, 0.717) is 5.56 Å². The fourth-order valence-electron chi connectivity index (χ4n) is 0.938. The summed E-state index contributed by atoms with van der Waals surface area (Å²) >= 11 is 0. The second-order valence-corrected chi connectivity index (χ2v) is 5.44. The number of hydrogen-bond donors (Lipinski definition) is 0. The summed E-state index contributed by atoms with van der Waals surface area (Å²) in [5.41, 5.74) is 0.324. The zero-order chi connectivity index (χ0) is 10.8. The summed E-state index contributed by atoms with van der Waals surface area (Å²) in [7, 11) is -3.33. The summed E-state index contributed by atoms with van der Waals surface area (Å²) < 4.78 is 22.2. The molecule has 1 rings (SSSR count). The fraction of sp³-hybridized carbons (Fsp3) is 0.333. The van der Waals surface area contributed by atoms with Gasteiger partial charge >= 0.3 is 0 Å². The number of nitrogens with zero attached hydrogens (tertiary/aromatic N) is 1. The average Bonchev–Trinajstić information content (AvgIpc) is 2.15. The first-order chi connectivity index (χ1) is 6.43. The largest absolute Gasteiger partial charge is 0.293 e. The average molecular weight is 213 g/mol. The van der Waals surface area contributed by atoms with E-state index in [0.717, 1.165) is 6.26 Å². The van der Waals surface area contributed by atoms with Crippen molar-refractivity contribution in [3.63, 3.8) is 0 Å². The van der Waals surface area contributed by atoms with Crippen LogP contribution in [-0.2, 0) is 9.84 Å². The lowest BCUT2D eigenvalue weighted by Crippen LogP contribution is -2.26. The number of carbonyl (C=O) groups excluding carboxylic acids is 1. The number of sulfone groups is 1. The SMILES string of the molecule is CC(C(=O)c1cccnc1)S(C)(=O)=O. The molecule has 0 aliphatic carbocycles. The Morgan fingerprint density at radius 1 is 1.50 bits per heavy atom. The van der Waals surface area contributed by atoms with Crippen LogP contribution in [0, 0.1) is 0 Å². The van der Waals surface area contributed by atoms with Gasteiger partial charge in [0.15, 0.2) is 15.6 Å². The predicted octanol–water partition coefficient (Wildman–Crippen LogP) is 0.697. The maximum atomic E-state index is 11.6. The van der Waals surface area contributed by atoms with E-state index in [9.17, 15) is 13.2 Å². The highest BCUT2D eigenvalue weighted by Crippen LogP contribution is 2.07. The number of aromatic nitrogens is 1. The molecular weight excluding hydrogens is 202 g/mol. The van der Waals surface area contributed by atoms with Crippen LogP contribution in [0.2, 0.25) is 0 Å². The Hall–Kier alpha value is -1.23. The molecule has 0 N–H and O–H groups in total. The fourth-order valence-corrected chi connectivity index (χ4v) is 1.46. The zero-order valence-electron chi connectivity index (χ0n) is 7.97. The normalized spacial score (nSPS) is 13.6. The lowest BCUT2D eigenvalue weighted by Gasteiger charge is -2.07. The molecule has 1 aromatic rings. The standard InChI is InChI=1S/C9H11NO3S/c1-7(14(2,12)13)9(11)8-4-3-5-10-6-8/h3-7H,1-2H3. The van der Waals surface area contributed by atoms with Crippen LogP contribution in [0.1, 0.15) is 17.3 Å². The van der Waals surface area contributed by atoms with Crippen molar-refractivity contribution in [3.8, 4) is 0 Å². The number of hydrogen-bond acceptors (Lipinski definition) is 4. The van der Waals surface area contributed by atoms with Gasteiger partial charge < -0.3 is 0 Å². The first kappa shape index (κ1) is 10.8. The van der Waals surface area contributed by atoms with Crippen LogP contribution in [0.15, 0.2) is 24.5 Å². The Kier molecular flexibility index (Phi) is 3.00. The molecule has 76 valence electrons. The van der Waals surface area contributed by atoms with E-state index in [-0.39, 0.29) is 0 Å². The Morgan fingerprint density at radius 2 is 2.14 bits per heavy atom. The van der Waals surface area contributed by atoms with Gasteiger partial charge in [0.25, 0.3) is 0 Å². The molecule has 5 heteroatoms. The predicted molar refractivity (Wildman–Crippen MR) is 52.9 cm³/mol. The first-order valence-electron chi connectivity index (χ1n) is 4.06. The molecule has 0 saturated carbocycles. The van der Waals surface area contributed by atoms with Crippen LogP contribution in [0.5, 0.6) is 0 Å². The molecule has 0 aromatic carbocycles. The number of rotatable bonds is 3. The lowest BCUT2D eigenvalue weighted by atomic mass is 10.1. The van der Waals surface area contributed by atoms with Gasteiger partial charge in [-0.3, -0.25) is 9.78 Å². The minimum atomic E-state index is -3.33. The molecule has 1 aromatic heterocycles. The first-order valence-corrected chi connectivity index (χ1v) is 6.01. The maximum absolute atomic E-state index is 11.6. The highest BCUT2D eigenvalue weighted by molar-refractivity contribution is 7.92. The van der Waals surface area contributed by atoms with Gasteiger partial charge in [-0.1, -0.05) is 0 Å². The van der Waals surface area contributed by atoms with Crippen molar-refractivity contribution in [2.24, 2.45) is 0 Å². The van der Waals surface area contributed by atoms with Crippen molar-refractivity contribution >= 4 is 15.6 Å². The van der Waals surface area contributed by atoms with Gasteiger partial charge in [-0.2, -0.15) is 0 Å². The second-order valence-electron chi connectivity index (χ2n) is 3.08.